The number of hydrogen-bond donors (Lipinski definition) is 1. The molecule has 2 aromatic rings. The van der Waals surface area contributed by atoms with E-state index in [2.05, 4.69) is 14.9 Å². The summed E-state index contributed by atoms with van der Waals surface area (Å²) in [7, 11) is 0. The summed E-state index contributed by atoms with van der Waals surface area (Å²) in [5.74, 6) is 0.402. The van der Waals surface area contributed by atoms with Gasteiger partial charge in [-0.25, -0.2) is 9.97 Å². The van der Waals surface area contributed by atoms with Gasteiger partial charge >= 0.3 is 11.7 Å². The molecule has 1 N–H and O–H groups in total. The zero-order valence-corrected chi connectivity index (χ0v) is 18.6. The van der Waals surface area contributed by atoms with Crippen molar-refractivity contribution < 1.29 is 19.6 Å². The molecule has 0 radical (unpaired) electrons. The summed E-state index contributed by atoms with van der Waals surface area (Å²) < 4.78 is 5.11. The van der Waals surface area contributed by atoms with Gasteiger partial charge in [0.05, 0.1) is 23.1 Å². The fourth-order valence-corrected chi connectivity index (χ4v) is 4.46. The molecule has 0 saturated carbocycles. The normalized spacial score (nSPS) is 17.2. The van der Waals surface area contributed by atoms with E-state index in [1.54, 1.807) is 19.1 Å². The van der Waals surface area contributed by atoms with Gasteiger partial charge in [0.25, 0.3) is 0 Å². The molecule has 176 valence electrons. The van der Waals surface area contributed by atoms with Gasteiger partial charge in [0.15, 0.2) is 0 Å². The molecule has 0 aliphatic carbocycles. The molecule has 0 bridgehead atoms. The second-order valence-corrected chi connectivity index (χ2v) is 8.10. The quantitative estimate of drug-likeness (QED) is 0.393. The first-order valence-electron chi connectivity index (χ1n) is 11.2. The highest BCUT2D eigenvalue weighted by Gasteiger charge is 2.34. The van der Waals surface area contributed by atoms with Crippen molar-refractivity contribution in [1.82, 2.24) is 9.97 Å². The van der Waals surface area contributed by atoms with Crippen LogP contribution in [0.4, 0.5) is 23.0 Å². The Labute approximate surface area is 191 Å². The van der Waals surface area contributed by atoms with Gasteiger partial charge in [0.1, 0.15) is 12.1 Å². The monoisotopic (exact) mass is 456 g/mol. The molecule has 11 nitrogen and oxygen atoms in total. The molecular weight excluding hydrogens is 428 g/mol. The lowest BCUT2D eigenvalue weighted by molar-refractivity contribution is -0.383. The van der Waals surface area contributed by atoms with Crippen LogP contribution in [-0.4, -0.2) is 71.8 Å². The second kappa shape index (κ2) is 9.88. The number of carbonyl (C=O) groups excluding carboxylic acids is 1. The van der Waals surface area contributed by atoms with Crippen LogP contribution < -0.4 is 14.7 Å². The highest BCUT2D eigenvalue weighted by atomic mass is 16.6. The fourth-order valence-electron chi connectivity index (χ4n) is 4.46. The van der Waals surface area contributed by atoms with Gasteiger partial charge in [-0.2, -0.15) is 0 Å². The summed E-state index contributed by atoms with van der Waals surface area (Å²) in [5.41, 5.74) is 0.641. The van der Waals surface area contributed by atoms with Crippen LogP contribution in [0.5, 0.6) is 5.75 Å². The van der Waals surface area contributed by atoms with Crippen molar-refractivity contribution in [3.63, 3.8) is 0 Å². The Bertz CT molecular complexity index is 1000. The number of piperazine rings is 1. The summed E-state index contributed by atoms with van der Waals surface area (Å²) in [5, 5.41) is 22.2. The van der Waals surface area contributed by atoms with E-state index in [9.17, 15) is 20.0 Å². The van der Waals surface area contributed by atoms with Crippen molar-refractivity contribution in [1.29, 1.82) is 0 Å². The number of aromatic hydroxyl groups is 1. The molecule has 1 aromatic heterocycles. The number of para-hydroxylation sites is 2. The number of benzene rings is 1. The molecule has 1 aromatic carbocycles. The van der Waals surface area contributed by atoms with Crippen LogP contribution in [0.25, 0.3) is 0 Å². The lowest BCUT2D eigenvalue weighted by Crippen LogP contribution is -2.47. The van der Waals surface area contributed by atoms with E-state index in [1.165, 1.54) is 6.33 Å². The van der Waals surface area contributed by atoms with Crippen LogP contribution in [0.15, 0.2) is 30.6 Å². The van der Waals surface area contributed by atoms with Crippen molar-refractivity contribution in [3.8, 4) is 5.75 Å². The van der Waals surface area contributed by atoms with Crippen LogP contribution in [-0.2, 0) is 9.53 Å². The first-order valence-corrected chi connectivity index (χ1v) is 11.2. The average Bonchev–Trinajstić information content (AvgIpc) is 2.84. The molecule has 2 aliphatic rings. The number of ether oxygens (including phenoxy) is 1. The zero-order valence-electron chi connectivity index (χ0n) is 18.6. The number of piperidine rings is 1. The number of carbonyl (C=O) groups is 1. The minimum absolute atomic E-state index is 0.108. The van der Waals surface area contributed by atoms with Gasteiger partial charge in [-0.3, -0.25) is 14.9 Å². The summed E-state index contributed by atoms with van der Waals surface area (Å²) in [6.07, 6.45) is 2.49. The Kier molecular flexibility index (Phi) is 6.76. The first kappa shape index (κ1) is 22.6. The third kappa shape index (κ3) is 4.76. The Morgan fingerprint density at radius 1 is 1.06 bits per heavy atom. The molecule has 33 heavy (non-hydrogen) atoms. The molecule has 11 heteroatoms. The molecule has 0 spiro atoms. The maximum Gasteiger partial charge on any atom is 0.353 e. The number of aromatic nitrogens is 2. The Balaban J connectivity index is 1.49. The smallest absolute Gasteiger partial charge is 0.353 e. The molecular formula is C22H28N6O5. The van der Waals surface area contributed by atoms with Crippen LogP contribution >= 0.6 is 0 Å². The topological polar surface area (TPSA) is 125 Å². The molecule has 0 unspecified atom stereocenters. The number of hydrogen-bond acceptors (Lipinski definition) is 10. The van der Waals surface area contributed by atoms with E-state index in [1.807, 2.05) is 21.9 Å². The first-order chi connectivity index (χ1) is 16.0. The Morgan fingerprint density at radius 3 is 2.21 bits per heavy atom. The second-order valence-electron chi connectivity index (χ2n) is 8.10. The summed E-state index contributed by atoms with van der Waals surface area (Å²) in [6, 6.07) is 7.15. The minimum Gasteiger partial charge on any atom is -0.506 e. The van der Waals surface area contributed by atoms with Gasteiger partial charge in [0, 0.05) is 39.3 Å². The van der Waals surface area contributed by atoms with Crippen LogP contribution in [0, 0.1) is 16.0 Å². The van der Waals surface area contributed by atoms with Gasteiger partial charge in [-0.1, -0.05) is 12.1 Å². The van der Waals surface area contributed by atoms with Crippen LogP contribution in [0.2, 0.25) is 0 Å². The van der Waals surface area contributed by atoms with Gasteiger partial charge in [0.2, 0.25) is 11.6 Å². The van der Waals surface area contributed by atoms with Gasteiger partial charge in [-0.15, -0.1) is 0 Å². The number of nitrogens with zero attached hydrogens (tertiary/aromatic N) is 6. The molecule has 0 atom stereocenters. The highest BCUT2D eigenvalue weighted by Crippen LogP contribution is 2.37. The summed E-state index contributed by atoms with van der Waals surface area (Å²) >= 11 is 0. The number of phenolic OH excluding ortho intramolecular Hbond substituents is 1. The lowest BCUT2D eigenvalue weighted by atomic mass is 9.97. The van der Waals surface area contributed by atoms with E-state index in [0.29, 0.717) is 64.5 Å². The van der Waals surface area contributed by atoms with Crippen LogP contribution in [0.1, 0.15) is 19.8 Å². The van der Waals surface area contributed by atoms with Gasteiger partial charge < -0.3 is 24.5 Å². The SMILES string of the molecule is CCOC(=O)C1CCN(c2ncnc(N3CCN(c4ccccc4O)CC3)c2[N+](=O)[O-])CC1. The van der Waals surface area contributed by atoms with Crippen molar-refractivity contribution in [2.75, 3.05) is 60.6 Å². The minimum atomic E-state index is -0.419. The van der Waals surface area contributed by atoms with Crippen molar-refractivity contribution >= 4 is 29.0 Å². The zero-order chi connectivity index (χ0) is 23.4. The van der Waals surface area contributed by atoms with E-state index in [4.69, 9.17) is 4.74 Å². The Hall–Kier alpha value is -3.63. The maximum atomic E-state index is 12.1. The number of anilines is 3. The molecule has 0 amide bonds. The van der Waals surface area contributed by atoms with Crippen molar-refractivity contribution in [2.24, 2.45) is 5.92 Å². The van der Waals surface area contributed by atoms with E-state index in [-0.39, 0.29) is 29.1 Å². The Morgan fingerprint density at radius 2 is 1.64 bits per heavy atom. The van der Waals surface area contributed by atoms with Crippen molar-refractivity contribution in [2.45, 2.75) is 19.8 Å². The highest BCUT2D eigenvalue weighted by molar-refractivity contribution is 5.74. The van der Waals surface area contributed by atoms with Crippen LogP contribution in [0.3, 0.4) is 0 Å². The van der Waals surface area contributed by atoms with E-state index < -0.39 is 4.92 Å². The number of phenols is 1. The largest absolute Gasteiger partial charge is 0.506 e. The van der Waals surface area contributed by atoms with Gasteiger partial charge in [-0.05, 0) is 31.9 Å². The fraction of sp³-hybridized carbons (Fsp3) is 0.500. The molecule has 2 saturated heterocycles. The predicted molar refractivity (Wildman–Crippen MR) is 123 cm³/mol. The number of esters is 1. The number of rotatable bonds is 6. The summed E-state index contributed by atoms with van der Waals surface area (Å²) in [4.78, 5) is 38.0. The number of nitro groups is 1. The average molecular weight is 457 g/mol. The summed E-state index contributed by atoms with van der Waals surface area (Å²) in [6.45, 7) is 5.34. The third-order valence-corrected chi connectivity index (χ3v) is 6.18. The predicted octanol–water partition coefficient (Wildman–Crippen LogP) is 2.20. The lowest BCUT2D eigenvalue weighted by Gasteiger charge is -2.37. The van der Waals surface area contributed by atoms with E-state index in [0.717, 1.165) is 5.69 Å². The van der Waals surface area contributed by atoms with E-state index >= 15 is 0 Å². The third-order valence-electron chi connectivity index (χ3n) is 6.18. The molecule has 3 heterocycles. The molecule has 2 fully saturated rings. The standard InChI is InChI=1S/C22H28N6O5/c1-2-33-22(30)16-7-9-26(10-8-16)20-19(28(31)32)21(24-15-23-20)27-13-11-25(12-14-27)17-5-3-4-6-18(17)29/h3-6,15-16,29H,2,7-14H2,1H3. The molecule has 4 rings (SSSR count). The molecule has 2 aliphatic heterocycles. The maximum absolute atomic E-state index is 12.1. The van der Waals surface area contributed by atoms with Crippen molar-refractivity contribution in [3.05, 3.63) is 40.7 Å².